The van der Waals surface area contributed by atoms with E-state index in [4.69, 9.17) is 0 Å². The Labute approximate surface area is 158 Å². The van der Waals surface area contributed by atoms with Gasteiger partial charge in [0.05, 0.1) is 11.9 Å². The SMILES string of the molecule is CCc1ccc(S(=O)(=O)Nc2ccc(Nc3cc(C)ccc3C)nc2)s1. The minimum atomic E-state index is -3.58. The van der Waals surface area contributed by atoms with Gasteiger partial charge in [0.25, 0.3) is 10.0 Å². The number of rotatable bonds is 6. The number of thiophene rings is 1. The number of nitrogens with zero attached hydrogens (tertiary/aromatic N) is 1. The molecular formula is C19H21N3O2S2. The average Bonchev–Trinajstić information content (AvgIpc) is 3.10. The van der Waals surface area contributed by atoms with Gasteiger partial charge in [0.1, 0.15) is 10.0 Å². The highest BCUT2D eigenvalue weighted by atomic mass is 32.2. The van der Waals surface area contributed by atoms with Gasteiger partial charge in [-0.05, 0) is 61.7 Å². The molecule has 0 aliphatic rings. The summed E-state index contributed by atoms with van der Waals surface area (Å²) in [5, 5.41) is 3.26. The van der Waals surface area contributed by atoms with Crippen molar-refractivity contribution in [2.24, 2.45) is 0 Å². The molecule has 0 bridgehead atoms. The molecule has 0 spiro atoms. The monoisotopic (exact) mass is 387 g/mol. The third-order valence-electron chi connectivity index (χ3n) is 3.92. The largest absolute Gasteiger partial charge is 0.340 e. The second kappa shape index (κ2) is 7.47. The van der Waals surface area contributed by atoms with Crippen LogP contribution in [0.3, 0.4) is 0 Å². The van der Waals surface area contributed by atoms with E-state index < -0.39 is 10.0 Å². The Balaban J connectivity index is 1.74. The summed E-state index contributed by atoms with van der Waals surface area (Å²) in [4.78, 5) is 5.35. The van der Waals surface area contributed by atoms with Gasteiger partial charge in [-0.1, -0.05) is 19.1 Å². The van der Waals surface area contributed by atoms with Gasteiger partial charge in [-0.2, -0.15) is 0 Å². The van der Waals surface area contributed by atoms with E-state index in [-0.39, 0.29) is 0 Å². The van der Waals surface area contributed by atoms with Crippen LogP contribution in [0.5, 0.6) is 0 Å². The second-order valence-electron chi connectivity index (χ2n) is 6.06. The fourth-order valence-electron chi connectivity index (χ4n) is 2.43. The highest BCUT2D eigenvalue weighted by Crippen LogP contribution is 2.25. The summed E-state index contributed by atoms with van der Waals surface area (Å²) in [6, 6.07) is 13.1. The summed E-state index contributed by atoms with van der Waals surface area (Å²) in [6.07, 6.45) is 2.33. The average molecular weight is 388 g/mol. The third-order valence-corrected chi connectivity index (χ3v) is 7.02. The maximum atomic E-state index is 12.4. The van der Waals surface area contributed by atoms with Crippen LogP contribution < -0.4 is 10.0 Å². The number of anilines is 3. The first kappa shape index (κ1) is 18.4. The van der Waals surface area contributed by atoms with Gasteiger partial charge in [0.15, 0.2) is 0 Å². The van der Waals surface area contributed by atoms with Gasteiger partial charge < -0.3 is 5.32 Å². The molecule has 7 heteroatoms. The first-order chi connectivity index (χ1) is 12.4. The van der Waals surface area contributed by atoms with Crippen LogP contribution in [0.25, 0.3) is 0 Å². The number of benzene rings is 1. The van der Waals surface area contributed by atoms with Crippen molar-refractivity contribution in [1.82, 2.24) is 4.98 Å². The van der Waals surface area contributed by atoms with Crippen molar-refractivity contribution in [1.29, 1.82) is 0 Å². The molecule has 0 radical (unpaired) electrons. The molecule has 0 saturated heterocycles. The zero-order valence-corrected chi connectivity index (χ0v) is 16.5. The number of hydrogen-bond donors (Lipinski definition) is 2. The van der Waals surface area contributed by atoms with Gasteiger partial charge in [-0.25, -0.2) is 13.4 Å². The van der Waals surface area contributed by atoms with E-state index in [1.165, 1.54) is 17.5 Å². The van der Waals surface area contributed by atoms with Crippen molar-refractivity contribution in [3.8, 4) is 0 Å². The molecule has 2 N–H and O–H groups in total. The third kappa shape index (κ3) is 4.23. The Hall–Kier alpha value is -2.38. The van der Waals surface area contributed by atoms with Crippen LogP contribution in [0.4, 0.5) is 17.2 Å². The minimum absolute atomic E-state index is 0.312. The van der Waals surface area contributed by atoms with E-state index in [2.05, 4.69) is 27.2 Å². The molecule has 1 aromatic carbocycles. The Kier molecular flexibility index (Phi) is 5.29. The fourth-order valence-corrected chi connectivity index (χ4v) is 4.77. The zero-order valence-electron chi connectivity index (χ0n) is 14.9. The smallest absolute Gasteiger partial charge is 0.271 e. The predicted molar refractivity (Wildman–Crippen MR) is 108 cm³/mol. The molecule has 0 fully saturated rings. The summed E-state index contributed by atoms with van der Waals surface area (Å²) in [5.41, 5.74) is 3.69. The van der Waals surface area contributed by atoms with Crippen LogP contribution in [0.2, 0.25) is 0 Å². The Morgan fingerprint density at radius 2 is 1.88 bits per heavy atom. The molecule has 5 nitrogen and oxygen atoms in total. The van der Waals surface area contributed by atoms with Crippen LogP contribution in [0.15, 0.2) is 52.9 Å². The summed E-state index contributed by atoms with van der Waals surface area (Å²) in [5.74, 6) is 0.658. The maximum absolute atomic E-state index is 12.4. The predicted octanol–water partition coefficient (Wildman–Crippen LogP) is 4.87. The Morgan fingerprint density at radius 1 is 1.08 bits per heavy atom. The summed E-state index contributed by atoms with van der Waals surface area (Å²) in [7, 11) is -3.58. The minimum Gasteiger partial charge on any atom is -0.340 e. The van der Waals surface area contributed by atoms with E-state index in [1.807, 2.05) is 32.9 Å². The topological polar surface area (TPSA) is 71.1 Å². The van der Waals surface area contributed by atoms with Gasteiger partial charge in [0, 0.05) is 10.6 Å². The van der Waals surface area contributed by atoms with Gasteiger partial charge >= 0.3 is 0 Å². The van der Waals surface area contributed by atoms with Crippen LogP contribution in [0, 0.1) is 13.8 Å². The molecule has 0 atom stereocenters. The molecule has 3 rings (SSSR count). The lowest BCUT2D eigenvalue weighted by molar-refractivity contribution is 0.603. The first-order valence-electron chi connectivity index (χ1n) is 8.29. The van der Waals surface area contributed by atoms with E-state index in [9.17, 15) is 8.42 Å². The molecule has 2 aromatic heterocycles. The van der Waals surface area contributed by atoms with E-state index in [1.54, 1.807) is 18.2 Å². The molecule has 0 aliphatic heterocycles. The number of nitrogens with one attached hydrogen (secondary N) is 2. The molecule has 26 heavy (non-hydrogen) atoms. The van der Waals surface area contributed by atoms with Crippen LogP contribution >= 0.6 is 11.3 Å². The first-order valence-corrected chi connectivity index (χ1v) is 10.6. The van der Waals surface area contributed by atoms with E-state index in [0.717, 1.165) is 28.1 Å². The lowest BCUT2D eigenvalue weighted by Crippen LogP contribution is -2.11. The zero-order chi connectivity index (χ0) is 18.7. The Morgan fingerprint density at radius 3 is 2.54 bits per heavy atom. The van der Waals surface area contributed by atoms with Gasteiger partial charge in [-0.3, -0.25) is 4.72 Å². The number of sulfonamides is 1. The van der Waals surface area contributed by atoms with Crippen molar-refractivity contribution >= 4 is 38.6 Å². The molecule has 2 heterocycles. The fraction of sp³-hybridized carbons (Fsp3) is 0.211. The number of aromatic nitrogens is 1. The Bertz CT molecular complexity index is 1010. The highest BCUT2D eigenvalue weighted by Gasteiger charge is 2.17. The van der Waals surface area contributed by atoms with Gasteiger partial charge in [0.2, 0.25) is 0 Å². The number of pyridine rings is 1. The lowest BCUT2D eigenvalue weighted by atomic mass is 10.1. The normalized spacial score (nSPS) is 11.3. The van der Waals surface area contributed by atoms with Crippen LogP contribution in [0.1, 0.15) is 22.9 Å². The van der Waals surface area contributed by atoms with Crippen LogP contribution in [-0.4, -0.2) is 13.4 Å². The van der Waals surface area contributed by atoms with Crippen molar-refractivity contribution in [3.05, 3.63) is 64.7 Å². The standard InChI is InChI=1S/C19H21N3O2S2/c1-4-16-8-10-19(25-16)26(23,24)22-15-7-9-18(20-12-15)21-17-11-13(2)5-6-14(17)3/h5-12,22H,4H2,1-3H3,(H,20,21). The summed E-state index contributed by atoms with van der Waals surface area (Å²) in [6.45, 7) is 6.06. The molecule has 0 saturated carbocycles. The molecule has 136 valence electrons. The van der Waals surface area contributed by atoms with E-state index in [0.29, 0.717) is 15.7 Å². The highest BCUT2D eigenvalue weighted by molar-refractivity contribution is 7.94. The van der Waals surface area contributed by atoms with Crippen LogP contribution in [-0.2, 0) is 16.4 Å². The quantitative estimate of drug-likeness (QED) is 0.633. The van der Waals surface area contributed by atoms with Crippen molar-refractivity contribution in [2.75, 3.05) is 10.0 Å². The van der Waals surface area contributed by atoms with Crippen molar-refractivity contribution in [3.63, 3.8) is 0 Å². The molecule has 0 amide bonds. The molecule has 0 unspecified atom stereocenters. The molecule has 3 aromatic rings. The van der Waals surface area contributed by atoms with E-state index >= 15 is 0 Å². The lowest BCUT2D eigenvalue weighted by Gasteiger charge is -2.11. The maximum Gasteiger partial charge on any atom is 0.271 e. The molecular weight excluding hydrogens is 366 g/mol. The van der Waals surface area contributed by atoms with Crippen molar-refractivity contribution in [2.45, 2.75) is 31.4 Å². The summed E-state index contributed by atoms with van der Waals surface area (Å²) < 4.78 is 27.8. The summed E-state index contributed by atoms with van der Waals surface area (Å²) >= 11 is 1.28. The van der Waals surface area contributed by atoms with Gasteiger partial charge in [-0.15, -0.1) is 11.3 Å². The number of hydrogen-bond acceptors (Lipinski definition) is 5. The second-order valence-corrected chi connectivity index (χ2v) is 9.13. The molecule has 0 aliphatic carbocycles. The number of aryl methyl sites for hydroxylation is 3. The van der Waals surface area contributed by atoms with Crippen molar-refractivity contribution < 1.29 is 8.42 Å².